The van der Waals surface area contributed by atoms with E-state index in [1.54, 1.807) is 12.1 Å². The molecule has 2 heterocycles. The number of primary amides is 1. The van der Waals surface area contributed by atoms with E-state index in [2.05, 4.69) is 15.3 Å². The van der Waals surface area contributed by atoms with Gasteiger partial charge in [-0.15, -0.1) is 0 Å². The van der Waals surface area contributed by atoms with Crippen molar-refractivity contribution in [2.75, 3.05) is 0 Å². The Bertz CT molecular complexity index is 1970. The van der Waals surface area contributed by atoms with Gasteiger partial charge in [0.25, 0.3) is 0 Å². The van der Waals surface area contributed by atoms with Crippen molar-refractivity contribution in [1.82, 2.24) is 20.2 Å². The minimum absolute atomic E-state index is 0.156. The van der Waals surface area contributed by atoms with Crippen molar-refractivity contribution in [1.29, 1.82) is 0 Å². The summed E-state index contributed by atoms with van der Waals surface area (Å²) in [5, 5.41) is 27.1. The SMILES string of the molecule is Cc1cc(O)cc(C)c1C[C@H](N)C(=O)N1Cc2ccccc2C[C@H]1C(=O)N[C@@H](CC(N)=O)c1nc2ccccc2[nH]1.O=C(O)C(F)(F)F.O=C(O)C(F)(F)F. The van der Waals surface area contributed by atoms with Crippen LogP contribution in [0.1, 0.15) is 46.1 Å². The molecule has 1 aliphatic heterocycles. The maximum Gasteiger partial charge on any atom is 0.490 e. The third kappa shape index (κ3) is 11.9. The van der Waals surface area contributed by atoms with E-state index in [9.17, 15) is 45.8 Å². The number of nitrogens with one attached hydrogen (secondary N) is 2. The minimum Gasteiger partial charge on any atom is -0.508 e. The standard InChI is InChI=1S/C31H34N6O4.2C2HF3O2/c1-17-11-21(38)12-18(2)22(17)14-23(32)31(41)37-16-20-8-4-3-7-19(20)13-27(37)30(40)36-26(15-28(33)39)29-34-24-9-5-6-10-25(24)35-29;2*3-2(4,5)1(6)7/h3-12,23,26-27,38H,13-16,32H2,1-2H3,(H2,33,39)(H,34,35)(H,36,40);2*(H,6,7)/t23-,26-,27-;;/m0../s1. The van der Waals surface area contributed by atoms with Gasteiger partial charge in [-0.3, -0.25) is 14.4 Å². The highest BCUT2D eigenvalue weighted by molar-refractivity contribution is 5.91. The molecular formula is C35H36F6N6O8. The van der Waals surface area contributed by atoms with Crippen LogP contribution in [-0.4, -0.2) is 84.3 Å². The maximum atomic E-state index is 13.9. The van der Waals surface area contributed by atoms with Crippen molar-refractivity contribution in [3.8, 4) is 5.75 Å². The number of benzene rings is 3. The fourth-order valence-corrected chi connectivity index (χ4v) is 5.62. The lowest BCUT2D eigenvalue weighted by atomic mass is 9.91. The molecule has 9 N–H and O–H groups in total. The number of hydrogen-bond acceptors (Lipinski definition) is 8. The summed E-state index contributed by atoms with van der Waals surface area (Å²) in [4.78, 5) is 66.7. The van der Waals surface area contributed by atoms with Gasteiger partial charge in [0.1, 0.15) is 17.6 Å². The first kappa shape index (κ1) is 43.2. The van der Waals surface area contributed by atoms with Crippen molar-refractivity contribution in [2.45, 2.75) is 70.1 Å². The predicted molar refractivity (Wildman–Crippen MR) is 182 cm³/mol. The van der Waals surface area contributed by atoms with Crippen LogP contribution in [0, 0.1) is 13.8 Å². The molecule has 0 radical (unpaired) electrons. The van der Waals surface area contributed by atoms with Crippen LogP contribution in [-0.2, 0) is 43.4 Å². The molecule has 55 heavy (non-hydrogen) atoms. The number of carbonyl (C=O) groups excluding carboxylic acids is 3. The molecule has 4 aromatic rings. The number of amides is 3. The summed E-state index contributed by atoms with van der Waals surface area (Å²) in [6.07, 6.45) is -9.78. The number of imidazole rings is 1. The summed E-state index contributed by atoms with van der Waals surface area (Å²) in [6.45, 7) is 3.95. The number of rotatable bonds is 8. The summed E-state index contributed by atoms with van der Waals surface area (Å²) >= 11 is 0. The number of alkyl halides is 6. The molecule has 1 aliphatic rings. The van der Waals surface area contributed by atoms with Gasteiger partial charge in [0.2, 0.25) is 17.7 Å². The summed E-state index contributed by atoms with van der Waals surface area (Å²) in [6, 6.07) is 15.8. The lowest BCUT2D eigenvalue weighted by Gasteiger charge is -2.38. The molecule has 296 valence electrons. The van der Waals surface area contributed by atoms with Gasteiger partial charge in [0, 0.05) is 13.0 Å². The highest BCUT2D eigenvalue weighted by Crippen LogP contribution is 2.27. The van der Waals surface area contributed by atoms with Crippen molar-refractivity contribution in [3.05, 3.63) is 94.3 Å². The molecule has 3 amide bonds. The molecule has 0 saturated carbocycles. The van der Waals surface area contributed by atoms with Crippen LogP contribution in [0.25, 0.3) is 11.0 Å². The van der Waals surface area contributed by atoms with Crippen molar-refractivity contribution in [2.24, 2.45) is 11.5 Å². The van der Waals surface area contributed by atoms with Gasteiger partial charge in [-0.05, 0) is 72.4 Å². The molecule has 14 nitrogen and oxygen atoms in total. The Morgan fingerprint density at radius 1 is 0.909 bits per heavy atom. The minimum atomic E-state index is -5.08. The highest BCUT2D eigenvalue weighted by Gasteiger charge is 2.40. The number of carboxylic acid groups (broad SMARTS) is 2. The third-order valence-electron chi connectivity index (χ3n) is 8.20. The average molecular weight is 783 g/mol. The Morgan fingerprint density at radius 3 is 1.93 bits per heavy atom. The largest absolute Gasteiger partial charge is 0.508 e. The number of aromatic amines is 1. The zero-order valence-electron chi connectivity index (χ0n) is 29.0. The fourth-order valence-electron chi connectivity index (χ4n) is 5.62. The van der Waals surface area contributed by atoms with Crippen LogP contribution in [0.15, 0.2) is 60.7 Å². The van der Waals surface area contributed by atoms with Gasteiger partial charge in [0.15, 0.2) is 0 Å². The molecular weight excluding hydrogens is 746 g/mol. The molecule has 0 saturated heterocycles. The Balaban J connectivity index is 0.000000494. The molecule has 0 unspecified atom stereocenters. The van der Waals surface area contributed by atoms with Gasteiger partial charge in [-0.25, -0.2) is 14.6 Å². The molecule has 3 atom stereocenters. The molecule has 0 spiro atoms. The molecule has 5 rings (SSSR count). The summed E-state index contributed by atoms with van der Waals surface area (Å²) < 4.78 is 63.5. The van der Waals surface area contributed by atoms with Crippen LogP contribution < -0.4 is 16.8 Å². The number of nitrogens with two attached hydrogens (primary N) is 2. The van der Waals surface area contributed by atoms with E-state index in [1.807, 2.05) is 62.4 Å². The van der Waals surface area contributed by atoms with Crippen LogP contribution in [0.5, 0.6) is 5.75 Å². The summed E-state index contributed by atoms with van der Waals surface area (Å²) in [7, 11) is 0. The van der Waals surface area contributed by atoms with Gasteiger partial charge in [-0.1, -0.05) is 36.4 Å². The number of para-hydroxylation sites is 2. The lowest BCUT2D eigenvalue weighted by Crippen LogP contribution is -2.57. The van der Waals surface area contributed by atoms with Gasteiger partial charge >= 0.3 is 24.3 Å². The quantitative estimate of drug-likeness (QED) is 0.128. The maximum absolute atomic E-state index is 13.9. The monoisotopic (exact) mass is 782 g/mol. The smallest absolute Gasteiger partial charge is 0.490 e. The van der Waals surface area contributed by atoms with Crippen molar-refractivity contribution >= 4 is 40.7 Å². The van der Waals surface area contributed by atoms with E-state index in [4.69, 9.17) is 31.3 Å². The van der Waals surface area contributed by atoms with Gasteiger partial charge in [0.05, 0.1) is 29.5 Å². The summed E-state index contributed by atoms with van der Waals surface area (Å²) in [5.74, 6) is -6.34. The number of fused-ring (bicyclic) bond motifs is 2. The average Bonchev–Trinajstić information content (AvgIpc) is 3.52. The van der Waals surface area contributed by atoms with E-state index in [1.165, 1.54) is 4.90 Å². The Kier molecular flexibility index (Phi) is 14.0. The number of phenolic OH excluding ortho intramolecular Hbond substituents is 1. The molecule has 3 aromatic carbocycles. The lowest BCUT2D eigenvalue weighted by molar-refractivity contribution is -0.193. The second-order valence-corrected chi connectivity index (χ2v) is 12.3. The van der Waals surface area contributed by atoms with Crippen molar-refractivity contribution in [3.63, 3.8) is 0 Å². The first-order chi connectivity index (χ1) is 25.5. The molecule has 1 aromatic heterocycles. The van der Waals surface area contributed by atoms with E-state index in [0.717, 1.165) is 33.3 Å². The van der Waals surface area contributed by atoms with Crippen LogP contribution in [0.3, 0.4) is 0 Å². The first-order valence-electron chi connectivity index (χ1n) is 16.0. The molecule has 0 fully saturated rings. The zero-order chi connectivity index (χ0) is 41.4. The van der Waals surface area contributed by atoms with E-state index in [0.29, 0.717) is 17.8 Å². The van der Waals surface area contributed by atoms with E-state index < -0.39 is 54.2 Å². The fraction of sp³-hybridized carbons (Fsp3) is 0.314. The summed E-state index contributed by atoms with van der Waals surface area (Å²) in [5.41, 5.74) is 17.9. The Hall–Kier alpha value is -6.18. The number of hydrogen-bond donors (Lipinski definition) is 7. The van der Waals surface area contributed by atoms with Crippen LogP contribution in [0.4, 0.5) is 26.3 Å². The number of nitrogens with zero attached hydrogens (tertiary/aromatic N) is 2. The second kappa shape index (κ2) is 17.8. The normalized spacial score (nSPS) is 14.9. The van der Waals surface area contributed by atoms with Crippen molar-refractivity contribution < 1.29 is 65.6 Å². The zero-order valence-corrected chi connectivity index (χ0v) is 29.0. The highest BCUT2D eigenvalue weighted by atomic mass is 19.4. The Labute approximate surface area is 308 Å². The van der Waals surface area contributed by atoms with E-state index in [-0.39, 0.29) is 31.0 Å². The number of carbonyl (C=O) groups is 5. The number of aliphatic carboxylic acids is 2. The Morgan fingerprint density at radius 2 is 1.42 bits per heavy atom. The molecule has 0 aliphatic carbocycles. The van der Waals surface area contributed by atoms with Crippen LogP contribution in [0.2, 0.25) is 0 Å². The predicted octanol–water partition coefficient (Wildman–Crippen LogP) is 3.71. The number of phenols is 1. The molecule has 0 bridgehead atoms. The molecule has 20 heteroatoms. The number of aromatic hydroxyl groups is 1. The first-order valence-corrected chi connectivity index (χ1v) is 16.0. The number of halogens is 6. The number of aryl methyl sites for hydroxylation is 2. The number of aromatic nitrogens is 2. The number of carboxylic acids is 2. The van der Waals surface area contributed by atoms with E-state index >= 15 is 0 Å². The van der Waals surface area contributed by atoms with Gasteiger partial charge < -0.3 is 42.0 Å². The third-order valence-corrected chi connectivity index (χ3v) is 8.20. The number of H-pyrrole nitrogens is 1. The second-order valence-electron chi connectivity index (χ2n) is 12.3. The topological polar surface area (TPSA) is 242 Å². The van der Waals surface area contributed by atoms with Gasteiger partial charge in [-0.2, -0.15) is 26.3 Å². The van der Waals surface area contributed by atoms with Crippen LogP contribution >= 0.6 is 0 Å².